The molecule has 0 aliphatic rings. The zero-order chi connectivity index (χ0) is 15.2. The highest BCUT2D eigenvalue weighted by molar-refractivity contribution is 8.01. The quantitative estimate of drug-likeness (QED) is 0.494. The van der Waals surface area contributed by atoms with E-state index in [1.54, 1.807) is 31.0 Å². The third-order valence-electron chi connectivity index (χ3n) is 2.57. The molecule has 2 rings (SSSR count). The Morgan fingerprint density at radius 3 is 3.00 bits per heavy atom. The number of amides is 1. The Balaban J connectivity index is 1.97. The Hall–Kier alpha value is -1.15. The van der Waals surface area contributed by atoms with Gasteiger partial charge in [0.15, 0.2) is 4.34 Å². The number of ether oxygens (including phenoxy) is 1. The molecule has 0 fully saturated rings. The maximum atomic E-state index is 12.1. The molecule has 0 bridgehead atoms. The van der Waals surface area contributed by atoms with Crippen LogP contribution in [0.25, 0.3) is 0 Å². The van der Waals surface area contributed by atoms with Crippen molar-refractivity contribution < 1.29 is 9.53 Å². The minimum Gasteiger partial charge on any atom is -0.384 e. The summed E-state index contributed by atoms with van der Waals surface area (Å²) in [6.45, 7) is 2.53. The second-order valence-electron chi connectivity index (χ2n) is 4.13. The van der Waals surface area contributed by atoms with Crippen molar-refractivity contribution in [3.8, 4) is 0 Å². The Morgan fingerprint density at radius 1 is 1.48 bits per heavy atom. The molecule has 21 heavy (non-hydrogen) atoms. The van der Waals surface area contributed by atoms with Crippen LogP contribution in [0.1, 0.15) is 15.9 Å². The van der Waals surface area contributed by atoms with Gasteiger partial charge in [0, 0.05) is 23.4 Å². The Morgan fingerprint density at radius 2 is 2.29 bits per heavy atom. The predicted octanol–water partition coefficient (Wildman–Crippen LogP) is 3.49. The highest BCUT2D eigenvalue weighted by Crippen LogP contribution is 2.26. The molecule has 1 heterocycles. The topological polar surface area (TPSA) is 64.1 Å². The molecule has 0 saturated carbocycles. The van der Waals surface area contributed by atoms with Gasteiger partial charge in [0.05, 0.1) is 6.61 Å². The van der Waals surface area contributed by atoms with Crippen molar-refractivity contribution in [2.45, 2.75) is 11.3 Å². The van der Waals surface area contributed by atoms with E-state index < -0.39 is 0 Å². The summed E-state index contributed by atoms with van der Waals surface area (Å²) in [5.41, 5.74) is 1.43. The van der Waals surface area contributed by atoms with Crippen molar-refractivity contribution in [2.75, 3.05) is 24.8 Å². The van der Waals surface area contributed by atoms with E-state index in [-0.39, 0.29) is 5.91 Å². The third-order valence-corrected chi connectivity index (χ3v) is 4.92. The number of benzene rings is 1. The molecule has 0 unspecified atom stereocenters. The largest absolute Gasteiger partial charge is 0.384 e. The van der Waals surface area contributed by atoms with Gasteiger partial charge >= 0.3 is 0 Å². The van der Waals surface area contributed by atoms with Crippen LogP contribution in [0.15, 0.2) is 22.5 Å². The lowest BCUT2D eigenvalue weighted by Crippen LogP contribution is -2.11. The summed E-state index contributed by atoms with van der Waals surface area (Å²) in [5.74, 6) is 0.550. The van der Waals surface area contributed by atoms with E-state index in [9.17, 15) is 4.79 Å². The first-order valence-electron chi connectivity index (χ1n) is 6.13. The number of hydrogen-bond donors (Lipinski definition) is 1. The summed E-state index contributed by atoms with van der Waals surface area (Å²) in [6.07, 6.45) is 0. The summed E-state index contributed by atoms with van der Waals surface area (Å²) >= 11 is 8.89. The van der Waals surface area contributed by atoms with Crippen LogP contribution in [0.3, 0.4) is 0 Å². The molecule has 1 aromatic heterocycles. The first kappa shape index (κ1) is 16.2. The molecular weight excluding hydrogens is 330 g/mol. The predicted molar refractivity (Wildman–Crippen MR) is 86.7 cm³/mol. The Kier molecular flexibility index (Phi) is 5.98. The van der Waals surface area contributed by atoms with Gasteiger partial charge in [-0.3, -0.25) is 10.1 Å². The molecule has 5 nitrogen and oxygen atoms in total. The average molecular weight is 344 g/mol. The summed E-state index contributed by atoms with van der Waals surface area (Å²) in [7, 11) is 1.65. The van der Waals surface area contributed by atoms with Gasteiger partial charge in [0.2, 0.25) is 5.13 Å². The van der Waals surface area contributed by atoms with Crippen molar-refractivity contribution in [1.29, 1.82) is 0 Å². The van der Waals surface area contributed by atoms with Gasteiger partial charge in [-0.2, -0.15) is 0 Å². The van der Waals surface area contributed by atoms with E-state index >= 15 is 0 Å². The summed E-state index contributed by atoms with van der Waals surface area (Å²) < 4.78 is 5.76. The molecule has 112 valence electrons. The smallest absolute Gasteiger partial charge is 0.257 e. The number of rotatable bonds is 6. The number of nitrogens with one attached hydrogen (secondary N) is 1. The van der Waals surface area contributed by atoms with Crippen molar-refractivity contribution in [2.24, 2.45) is 0 Å². The van der Waals surface area contributed by atoms with E-state index in [2.05, 4.69) is 15.5 Å². The molecule has 0 aliphatic carbocycles. The lowest BCUT2D eigenvalue weighted by Gasteiger charge is -2.03. The third kappa shape index (κ3) is 4.67. The average Bonchev–Trinajstić information content (AvgIpc) is 2.89. The molecule has 1 N–H and O–H groups in total. The van der Waals surface area contributed by atoms with Crippen molar-refractivity contribution in [3.63, 3.8) is 0 Å². The number of carbonyl (C=O) groups excluding carboxylic acids is 1. The normalized spacial score (nSPS) is 10.6. The highest BCUT2D eigenvalue weighted by Gasteiger charge is 2.11. The van der Waals surface area contributed by atoms with E-state index in [0.717, 1.165) is 15.7 Å². The van der Waals surface area contributed by atoms with Crippen molar-refractivity contribution in [3.05, 3.63) is 34.3 Å². The number of anilines is 1. The van der Waals surface area contributed by atoms with Gasteiger partial charge in [0.1, 0.15) is 0 Å². The second kappa shape index (κ2) is 7.74. The molecule has 0 aliphatic heterocycles. The van der Waals surface area contributed by atoms with Crippen LogP contribution in [0.5, 0.6) is 0 Å². The van der Waals surface area contributed by atoms with Gasteiger partial charge in [0.25, 0.3) is 5.91 Å². The summed E-state index contributed by atoms with van der Waals surface area (Å²) in [6, 6.07) is 5.18. The number of methoxy groups -OCH3 is 1. The standard InChI is InChI=1S/C13H14ClN3O2S2/c1-8-3-4-9(7-10(8)14)11(18)15-12-16-17-13(21-12)20-6-5-19-2/h3-4,7H,5-6H2,1-2H3,(H,15,16,18). The van der Waals surface area contributed by atoms with Crippen LogP contribution in [0.2, 0.25) is 5.02 Å². The van der Waals surface area contributed by atoms with E-state index in [1.165, 1.54) is 11.3 Å². The first-order chi connectivity index (χ1) is 10.1. The van der Waals surface area contributed by atoms with Gasteiger partial charge in [-0.25, -0.2) is 0 Å². The minimum absolute atomic E-state index is 0.249. The molecule has 2 aromatic rings. The number of aromatic nitrogens is 2. The Bertz CT molecular complexity index is 634. The number of nitrogens with zero attached hydrogens (tertiary/aromatic N) is 2. The van der Waals surface area contributed by atoms with E-state index in [0.29, 0.717) is 22.3 Å². The van der Waals surface area contributed by atoms with Gasteiger partial charge < -0.3 is 4.74 Å². The van der Waals surface area contributed by atoms with Gasteiger partial charge in [-0.15, -0.1) is 10.2 Å². The van der Waals surface area contributed by atoms with Gasteiger partial charge in [-0.1, -0.05) is 40.8 Å². The van der Waals surface area contributed by atoms with Crippen LogP contribution in [-0.2, 0) is 4.74 Å². The number of halogens is 1. The lowest BCUT2D eigenvalue weighted by atomic mass is 10.1. The number of aryl methyl sites for hydroxylation is 1. The van der Waals surface area contributed by atoms with Crippen molar-refractivity contribution in [1.82, 2.24) is 10.2 Å². The second-order valence-corrected chi connectivity index (χ2v) is 6.86. The van der Waals surface area contributed by atoms with Crippen LogP contribution in [0.4, 0.5) is 5.13 Å². The zero-order valence-corrected chi connectivity index (χ0v) is 13.9. The molecule has 0 spiro atoms. The molecule has 1 amide bonds. The molecule has 0 saturated heterocycles. The fraction of sp³-hybridized carbons (Fsp3) is 0.308. The maximum absolute atomic E-state index is 12.1. The lowest BCUT2D eigenvalue weighted by molar-refractivity contribution is 0.102. The zero-order valence-electron chi connectivity index (χ0n) is 11.6. The molecule has 8 heteroatoms. The summed E-state index contributed by atoms with van der Waals surface area (Å²) in [5, 5.41) is 11.7. The van der Waals surface area contributed by atoms with Crippen LogP contribution < -0.4 is 5.32 Å². The number of thioether (sulfide) groups is 1. The minimum atomic E-state index is -0.249. The van der Waals surface area contributed by atoms with E-state index in [4.69, 9.17) is 16.3 Å². The SMILES string of the molecule is COCCSc1nnc(NC(=O)c2ccc(C)c(Cl)c2)s1. The molecule has 0 radical (unpaired) electrons. The molecular formula is C13H14ClN3O2S2. The highest BCUT2D eigenvalue weighted by atomic mass is 35.5. The first-order valence-corrected chi connectivity index (χ1v) is 8.31. The van der Waals surface area contributed by atoms with E-state index in [1.807, 2.05) is 13.0 Å². The van der Waals surface area contributed by atoms with Crippen LogP contribution in [0, 0.1) is 6.92 Å². The van der Waals surface area contributed by atoms with Crippen molar-refractivity contribution >= 4 is 45.7 Å². The summed E-state index contributed by atoms with van der Waals surface area (Å²) in [4.78, 5) is 12.1. The maximum Gasteiger partial charge on any atom is 0.257 e. The monoisotopic (exact) mass is 343 g/mol. The van der Waals surface area contributed by atoms with Crippen LogP contribution >= 0.6 is 34.7 Å². The Labute approximate surface area is 136 Å². The van der Waals surface area contributed by atoms with Crippen LogP contribution in [-0.4, -0.2) is 35.6 Å². The number of hydrogen-bond acceptors (Lipinski definition) is 6. The fourth-order valence-corrected chi connectivity index (χ4v) is 3.33. The molecule has 1 aromatic carbocycles. The number of carbonyl (C=O) groups is 1. The fourth-order valence-electron chi connectivity index (χ4n) is 1.43. The van der Waals surface area contributed by atoms with Gasteiger partial charge in [-0.05, 0) is 24.6 Å². The molecule has 0 atom stereocenters.